The Balaban J connectivity index is 0.00000364. The predicted octanol–water partition coefficient (Wildman–Crippen LogP) is 0.802. The average Bonchev–Trinajstić information content (AvgIpc) is 3.30. The summed E-state index contributed by atoms with van der Waals surface area (Å²) in [5.41, 5.74) is 0. The maximum atomic E-state index is 11.9. The number of carbonyl (C=O) groups is 1. The molecule has 0 radical (unpaired) electrons. The van der Waals surface area contributed by atoms with E-state index in [4.69, 9.17) is 14.2 Å². The molecule has 1 N–H and O–H groups in total. The molecule has 2 fully saturated rings. The summed E-state index contributed by atoms with van der Waals surface area (Å²) in [4.78, 5) is 20.3. The summed E-state index contributed by atoms with van der Waals surface area (Å²) in [5, 5.41) is 3.41. The smallest absolute Gasteiger partial charge is 0.243 e. The van der Waals surface area contributed by atoms with E-state index in [0.717, 1.165) is 58.1 Å². The van der Waals surface area contributed by atoms with Gasteiger partial charge in [-0.15, -0.1) is 24.0 Å². The molecule has 8 nitrogen and oxygen atoms in total. The number of guanidine groups is 1. The Morgan fingerprint density at radius 2 is 2.15 bits per heavy atom. The van der Waals surface area contributed by atoms with E-state index in [1.807, 2.05) is 0 Å². The largest absolute Gasteiger partial charge is 0.382 e. The van der Waals surface area contributed by atoms with E-state index >= 15 is 0 Å². The van der Waals surface area contributed by atoms with Gasteiger partial charge in [0.2, 0.25) is 5.91 Å². The molecular formula is C18H35IN4O4. The van der Waals surface area contributed by atoms with Crippen LogP contribution >= 0.6 is 24.0 Å². The highest BCUT2D eigenvalue weighted by molar-refractivity contribution is 14.0. The van der Waals surface area contributed by atoms with Gasteiger partial charge < -0.3 is 29.3 Å². The molecule has 158 valence electrons. The fraction of sp³-hybridized carbons (Fsp3) is 0.889. The van der Waals surface area contributed by atoms with Crippen LogP contribution in [0.2, 0.25) is 0 Å². The number of nitrogens with zero attached hydrogens (tertiary/aromatic N) is 3. The number of ether oxygens (including phenoxy) is 3. The maximum Gasteiger partial charge on any atom is 0.243 e. The first-order valence-electron chi connectivity index (χ1n) is 9.52. The lowest BCUT2D eigenvalue weighted by Crippen LogP contribution is -2.44. The third-order valence-corrected chi connectivity index (χ3v) is 4.75. The number of hydrogen-bond acceptors (Lipinski definition) is 5. The van der Waals surface area contributed by atoms with E-state index in [-0.39, 0.29) is 42.5 Å². The molecule has 0 aliphatic carbocycles. The zero-order valence-electron chi connectivity index (χ0n) is 16.8. The van der Waals surface area contributed by atoms with Crippen molar-refractivity contribution in [1.29, 1.82) is 0 Å². The molecule has 0 saturated carbocycles. The van der Waals surface area contributed by atoms with Crippen LogP contribution in [0.1, 0.15) is 19.3 Å². The standard InChI is InChI=1S/C18H34N4O4.HI/c1-21(2)17(23)12-20-18(19-11-16-5-4-8-26-16)22-7-6-15(13-22)14-25-10-9-24-3;/h15-16H,4-14H2,1-3H3,(H,19,20);1H. The molecule has 2 heterocycles. The van der Waals surface area contributed by atoms with Crippen molar-refractivity contribution in [2.24, 2.45) is 10.9 Å². The number of methoxy groups -OCH3 is 1. The summed E-state index contributed by atoms with van der Waals surface area (Å²) in [6, 6.07) is 0. The second-order valence-electron chi connectivity index (χ2n) is 7.11. The summed E-state index contributed by atoms with van der Waals surface area (Å²) in [5.74, 6) is 1.28. The van der Waals surface area contributed by atoms with E-state index in [0.29, 0.717) is 19.1 Å². The monoisotopic (exact) mass is 498 g/mol. The summed E-state index contributed by atoms with van der Waals surface area (Å²) >= 11 is 0. The number of aliphatic imine (C=N–C) groups is 1. The van der Waals surface area contributed by atoms with Crippen molar-refractivity contribution < 1.29 is 19.0 Å². The van der Waals surface area contributed by atoms with Crippen molar-refractivity contribution in [3.63, 3.8) is 0 Å². The molecule has 1 amide bonds. The van der Waals surface area contributed by atoms with Crippen LogP contribution in [0.4, 0.5) is 0 Å². The zero-order valence-corrected chi connectivity index (χ0v) is 19.1. The fourth-order valence-corrected chi connectivity index (χ4v) is 3.12. The van der Waals surface area contributed by atoms with Gasteiger partial charge in [-0.05, 0) is 19.3 Å². The highest BCUT2D eigenvalue weighted by Crippen LogP contribution is 2.17. The lowest BCUT2D eigenvalue weighted by atomic mass is 10.1. The van der Waals surface area contributed by atoms with Gasteiger partial charge in [-0.3, -0.25) is 4.79 Å². The number of likely N-dealkylation sites (tertiary alicyclic amines) is 1. The van der Waals surface area contributed by atoms with Crippen LogP contribution in [0.15, 0.2) is 4.99 Å². The zero-order chi connectivity index (χ0) is 18.8. The summed E-state index contributed by atoms with van der Waals surface area (Å²) in [6.07, 6.45) is 3.49. The van der Waals surface area contributed by atoms with Crippen LogP contribution in [-0.2, 0) is 19.0 Å². The van der Waals surface area contributed by atoms with Crippen LogP contribution in [0, 0.1) is 5.92 Å². The topological polar surface area (TPSA) is 75.6 Å². The van der Waals surface area contributed by atoms with Gasteiger partial charge in [0.1, 0.15) is 6.54 Å². The molecule has 2 atom stereocenters. The minimum atomic E-state index is 0. The molecule has 0 aromatic heterocycles. The first-order chi connectivity index (χ1) is 12.6. The highest BCUT2D eigenvalue weighted by Gasteiger charge is 2.26. The normalized spacial score (nSPS) is 22.6. The number of carbonyl (C=O) groups excluding carboxylic acids is 1. The third kappa shape index (κ3) is 8.93. The van der Waals surface area contributed by atoms with E-state index < -0.39 is 0 Å². The van der Waals surface area contributed by atoms with Gasteiger partial charge in [-0.2, -0.15) is 0 Å². The molecule has 2 aliphatic rings. The molecule has 0 bridgehead atoms. The predicted molar refractivity (Wildman–Crippen MR) is 116 cm³/mol. The van der Waals surface area contributed by atoms with Gasteiger partial charge in [-0.1, -0.05) is 0 Å². The second kappa shape index (κ2) is 13.5. The Hall–Kier alpha value is -0.650. The van der Waals surface area contributed by atoms with Gasteiger partial charge >= 0.3 is 0 Å². The lowest BCUT2D eigenvalue weighted by Gasteiger charge is -2.23. The summed E-state index contributed by atoms with van der Waals surface area (Å²) in [6.45, 7) is 5.53. The van der Waals surface area contributed by atoms with Crippen molar-refractivity contribution in [2.75, 3.05) is 73.8 Å². The van der Waals surface area contributed by atoms with Gasteiger partial charge in [0.25, 0.3) is 0 Å². The van der Waals surface area contributed by atoms with E-state index in [9.17, 15) is 4.79 Å². The number of likely N-dealkylation sites (N-methyl/N-ethyl adjacent to an activating group) is 1. The van der Waals surface area contributed by atoms with E-state index in [1.165, 1.54) is 0 Å². The Morgan fingerprint density at radius 1 is 1.33 bits per heavy atom. The molecule has 9 heteroatoms. The van der Waals surface area contributed by atoms with Crippen molar-refractivity contribution in [2.45, 2.75) is 25.4 Å². The van der Waals surface area contributed by atoms with Crippen LogP contribution in [0.25, 0.3) is 0 Å². The molecule has 0 aromatic carbocycles. The molecule has 0 aromatic rings. The number of hydrogen-bond donors (Lipinski definition) is 1. The van der Waals surface area contributed by atoms with Gasteiger partial charge in [0.05, 0.1) is 25.9 Å². The Kier molecular flexibility index (Phi) is 12.2. The Labute approximate surface area is 180 Å². The number of rotatable bonds is 9. The second-order valence-corrected chi connectivity index (χ2v) is 7.11. The lowest BCUT2D eigenvalue weighted by molar-refractivity contribution is -0.127. The number of nitrogens with one attached hydrogen (secondary N) is 1. The molecule has 27 heavy (non-hydrogen) atoms. The first kappa shape index (κ1) is 24.4. The average molecular weight is 498 g/mol. The van der Waals surface area contributed by atoms with Crippen molar-refractivity contribution >= 4 is 35.8 Å². The van der Waals surface area contributed by atoms with E-state index in [1.54, 1.807) is 26.1 Å². The van der Waals surface area contributed by atoms with Crippen LogP contribution in [0.3, 0.4) is 0 Å². The molecular weight excluding hydrogens is 463 g/mol. The van der Waals surface area contributed by atoms with Crippen LogP contribution in [0.5, 0.6) is 0 Å². The summed E-state index contributed by atoms with van der Waals surface area (Å²) < 4.78 is 16.4. The summed E-state index contributed by atoms with van der Waals surface area (Å²) in [7, 11) is 5.18. The minimum Gasteiger partial charge on any atom is -0.382 e. The third-order valence-electron chi connectivity index (χ3n) is 4.75. The molecule has 2 aliphatic heterocycles. The van der Waals surface area contributed by atoms with E-state index in [2.05, 4.69) is 15.2 Å². The van der Waals surface area contributed by atoms with Crippen molar-refractivity contribution in [3.8, 4) is 0 Å². The molecule has 0 spiro atoms. The Bertz CT molecular complexity index is 459. The quantitative estimate of drug-likeness (QED) is 0.220. The van der Waals surface area contributed by atoms with Crippen LogP contribution < -0.4 is 5.32 Å². The van der Waals surface area contributed by atoms with Crippen LogP contribution in [-0.4, -0.2) is 102 Å². The van der Waals surface area contributed by atoms with Crippen molar-refractivity contribution in [1.82, 2.24) is 15.1 Å². The first-order valence-corrected chi connectivity index (χ1v) is 9.52. The minimum absolute atomic E-state index is 0. The fourth-order valence-electron chi connectivity index (χ4n) is 3.12. The van der Waals surface area contributed by atoms with Crippen molar-refractivity contribution in [3.05, 3.63) is 0 Å². The highest BCUT2D eigenvalue weighted by atomic mass is 127. The number of amides is 1. The van der Waals surface area contributed by atoms with Gasteiger partial charge in [0.15, 0.2) is 5.96 Å². The van der Waals surface area contributed by atoms with Gasteiger partial charge in [0, 0.05) is 53.4 Å². The Morgan fingerprint density at radius 3 is 2.81 bits per heavy atom. The van der Waals surface area contributed by atoms with Gasteiger partial charge in [-0.25, -0.2) is 4.99 Å². The molecule has 2 saturated heterocycles. The molecule has 2 rings (SSSR count). The number of halogens is 1. The SMILES string of the molecule is COCCOCC1CCN(C(=NCC(=O)N(C)C)NCC2CCCO2)C1.I. The molecule has 2 unspecified atom stereocenters. The maximum absolute atomic E-state index is 11.9.